The number of carboxylic acid groups (broad SMARTS) is 1. The van der Waals surface area contributed by atoms with Gasteiger partial charge in [-0.1, -0.05) is 0 Å². The van der Waals surface area contributed by atoms with Crippen LogP contribution in [-0.2, 0) is 35.1 Å². The highest BCUT2D eigenvalue weighted by atomic mass is 32.2. The maximum Gasteiger partial charge on any atom is 0.352 e. The van der Waals surface area contributed by atoms with Crippen molar-refractivity contribution in [1.29, 1.82) is 5.41 Å². The number of hydrogen-bond acceptors (Lipinski definition) is 9. The number of aromatic amines is 1. The molecule has 3 rings (SSSR count). The van der Waals surface area contributed by atoms with Crippen molar-refractivity contribution in [2.45, 2.75) is 31.2 Å². The molecule has 2 aliphatic rings. The monoisotopic (exact) mass is 454 g/mol. The Labute approximate surface area is 178 Å². The first-order valence-electron chi connectivity index (χ1n) is 8.73. The molecule has 13 heteroatoms. The molecule has 0 radical (unpaired) electrons. The van der Waals surface area contributed by atoms with Crippen molar-refractivity contribution < 1.29 is 33.8 Å². The maximum absolute atomic E-state index is 12.5. The second-order valence-electron chi connectivity index (χ2n) is 6.64. The number of carbonyl (C=O) groups excluding carboxylic acids is 4. The van der Waals surface area contributed by atoms with Crippen LogP contribution in [-0.4, -0.2) is 68.3 Å². The number of carbonyl (C=O) groups is 5. The Hall–Kier alpha value is -2.93. The van der Waals surface area contributed by atoms with Crippen LogP contribution in [0, 0.1) is 5.41 Å². The van der Waals surface area contributed by atoms with Gasteiger partial charge in [-0.05, 0) is 6.92 Å². The average Bonchev–Trinajstić information content (AvgIpc) is 3.07. The number of amides is 2. The van der Waals surface area contributed by atoms with E-state index in [2.05, 4.69) is 10.3 Å². The number of thioether (sulfide) groups is 1. The van der Waals surface area contributed by atoms with E-state index in [0.717, 1.165) is 16.2 Å². The lowest BCUT2D eigenvalue weighted by Crippen LogP contribution is -2.70. The SMILES string of the molecule is CC(=O)CC(=O)OCC1=C(C(=O)O)N2C(=O)[C@@H](NC(=O)Cc3csc(=N)[nH]3)[C@@H]2SC1. The summed E-state index contributed by atoms with van der Waals surface area (Å²) in [5, 5.41) is 20.7. The summed E-state index contributed by atoms with van der Waals surface area (Å²) in [5.41, 5.74) is 0.521. The predicted octanol–water partition coefficient (Wildman–Crippen LogP) is -0.641. The van der Waals surface area contributed by atoms with Crippen molar-refractivity contribution >= 4 is 52.6 Å². The van der Waals surface area contributed by atoms with Crippen LogP contribution in [0.15, 0.2) is 16.7 Å². The number of ether oxygens (including phenoxy) is 1. The zero-order valence-corrected chi connectivity index (χ0v) is 17.4. The fraction of sp³-hybridized carbons (Fsp3) is 0.412. The minimum Gasteiger partial charge on any atom is -0.477 e. The summed E-state index contributed by atoms with van der Waals surface area (Å²) >= 11 is 2.39. The van der Waals surface area contributed by atoms with E-state index in [1.165, 1.54) is 18.7 Å². The number of esters is 1. The average molecular weight is 454 g/mol. The Morgan fingerprint density at radius 3 is 2.73 bits per heavy atom. The molecule has 0 saturated carbocycles. The van der Waals surface area contributed by atoms with Crippen LogP contribution in [0.1, 0.15) is 19.0 Å². The van der Waals surface area contributed by atoms with E-state index >= 15 is 0 Å². The molecule has 0 spiro atoms. The number of H-pyrrole nitrogens is 1. The van der Waals surface area contributed by atoms with Crippen LogP contribution in [0.2, 0.25) is 0 Å². The number of nitrogens with zero attached hydrogens (tertiary/aromatic N) is 1. The number of carboxylic acids is 1. The van der Waals surface area contributed by atoms with Gasteiger partial charge >= 0.3 is 11.9 Å². The van der Waals surface area contributed by atoms with Gasteiger partial charge in [0.2, 0.25) is 5.91 Å². The Kier molecular flexibility index (Phi) is 6.41. The first kappa shape index (κ1) is 21.8. The Morgan fingerprint density at radius 1 is 1.40 bits per heavy atom. The summed E-state index contributed by atoms with van der Waals surface area (Å²) in [6, 6.07) is -0.868. The third-order valence-electron chi connectivity index (χ3n) is 4.31. The number of ketones is 1. The van der Waals surface area contributed by atoms with Crippen molar-refractivity contribution in [3.8, 4) is 0 Å². The lowest BCUT2D eigenvalue weighted by Gasteiger charge is -2.49. The van der Waals surface area contributed by atoms with E-state index in [9.17, 15) is 29.1 Å². The third-order valence-corrected chi connectivity index (χ3v) is 6.39. The summed E-state index contributed by atoms with van der Waals surface area (Å²) in [6.45, 7) is 0.900. The zero-order valence-electron chi connectivity index (χ0n) is 15.7. The Balaban J connectivity index is 1.66. The number of hydrogen-bond donors (Lipinski definition) is 4. The van der Waals surface area contributed by atoms with E-state index < -0.39 is 41.6 Å². The van der Waals surface area contributed by atoms with Gasteiger partial charge in [0.15, 0.2) is 4.80 Å². The summed E-state index contributed by atoms with van der Waals surface area (Å²) in [6.07, 6.45) is -0.443. The smallest absolute Gasteiger partial charge is 0.352 e. The number of fused-ring (bicyclic) bond motifs is 1. The number of thiazole rings is 1. The second-order valence-corrected chi connectivity index (χ2v) is 8.63. The number of nitrogens with one attached hydrogen (secondary N) is 3. The van der Waals surface area contributed by atoms with Gasteiger partial charge in [0.25, 0.3) is 5.91 Å². The van der Waals surface area contributed by atoms with Crippen LogP contribution >= 0.6 is 23.1 Å². The van der Waals surface area contributed by atoms with Gasteiger partial charge in [-0.15, -0.1) is 23.1 Å². The van der Waals surface area contributed by atoms with E-state index in [4.69, 9.17) is 10.1 Å². The van der Waals surface area contributed by atoms with Crippen molar-refractivity contribution in [2.75, 3.05) is 12.4 Å². The molecule has 0 aliphatic carbocycles. The maximum atomic E-state index is 12.5. The highest BCUT2D eigenvalue weighted by molar-refractivity contribution is 8.00. The van der Waals surface area contributed by atoms with Gasteiger partial charge in [-0.25, -0.2) is 4.79 Å². The second kappa shape index (κ2) is 8.83. The Bertz CT molecular complexity index is 1010. The van der Waals surface area contributed by atoms with Crippen molar-refractivity contribution in [3.63, 3.8) is 0 Å². The molecule has 11 nitrogen and oxygen atoms in total. The van der Waals surface area contributed by atoms with Crippen LogP contribution < -0.4 is 10.1 Å². The highest BCUT2D eigenvalue weighted by Crippen LogP contribution is 2.40. The molecule has 4 N–H and O–H groups in total. The third kappa shape index (κ3) is 4.62. The minimum absolute atomic E-state index is 0.0322. The van der Waals surface area contributed by atoms with Crippen LogP contribution in [0.5, 0.6) is 0 Å². The quantitative estimate of drug-likeness (QED) is 0.228. The predicted molar refractivity (Wildman–Crippen MR) is 104 cm³/mol. The van der Waals surface area contributed by atoms with Crippen LogP contribution in [0.4, 0.5) is 0 Å². The molecular formula is C17H18N4O7S2. The molecule has 2 aliphatic heterocycles. The number of aliphatic carboxylic acids is 1. The molecule has 1 aromatic heterocycles. The molecule has 30 heavy (non-hydrogen) atoms. The molecular weight excluding hydrogens is 436 g/mol. The van der Waals surface area contributed by atoms with E-state index in [1.807, 2.05) is 0 Å². The van der Waals surface area contributed by atoms with E-state index in [1.54, 1.807) is 5.38 Å². The first-order valence-corrected chi connectivity index (χ1v) is 10.7. The summed E-state index contributed by atoms with van der Waals surface area (Å²) in [7, 11) is 0. The summed E-state index contributed by atoms with van der Waals surface area (Å²) in [4.78, 5) is 63.0. The van der Waals surface area contributed by atoms with Gasteiger partial charge in [-0.3, -0.25) is 29.5 Å². The molecule has 2 amide bonds. The largest absolute Gasteiger partial charge is 0.477 e. The van der Waals surface area contributed by atoms with E-state index in [0.29, 0.717) is 5.69 Å². The topological polar surface area (TPSA) is 170 Å². The molecule has 0 unspecified atom stereocenters. The fourth-order valence-electron chi connectivity index (χ4n) is 3.03. The van der Waals surface area contributed by atoms with Crippen LogP contribution in [0.25, 0.3) is 0 Å². The van der Waals surface area contributed by atoms with Gasteiger partial charge in [0, 0.05) is 22.4 Å². The van der Waals surface area contributed by atoms with Crippen molar-refractivity contribution in [3.05, 3.63) is 27.1 Å². The fourth-order valence-corrected chi connectivity index (χ4v) is 4.95. The van der Waals surface area contributed by atoms with E-state index in [-0.39, 0.29) is 40.6 Å². The Morgan fingerprint density at radius 2 is 2.13 bits per heavy atom. The minimum atomic E-state index is -1.34. The zero-order chi connectivity index (χ0) is 22.0. The van der Waals surface area contributed by atoms with Gasteiger partial charge in [0.1, 0.15) is 35.9 Å². The van der Waals surface area contributed by atoms with Crippen LogP contribution in [0.3, 0.4) is 0 Å². The lowest BCUT2D eigenvalue weighted by atomic mass is 10.0. The normalized spacial score (nSPS) is 20.3. The first-order chi connectivity index (χ1) is 14.2. The molecule has 0 aromatic carbocycles. The molecule has 160 valence electrons. The van der Waals surface area contributed by atoms with Gasteiger partial charge in [0.05, 0.1) is 6.42 Å². The summed E-state index contributed by atoms with van der Waals surface area (Å²) in [5.74, 6) is -3.29. The van der Waals surface area contributed by atoms with Crippen molar-refractivity contribution in [2.24, 2.45) is 0 Å². The number of Topliss-reactive ketones (excluding diaryl/α,β-unsaturated/α-hetero) is 1. The molecule has 1 saturated heterocycles. The molecule has 3 heterocycles. The standard InChI is InChI=1S/C17H18N4O7S2/c1-7(22)2-11(24)28-4-8-5-29-15-12(14(25)21(15)13(8)16(26)27)20-10(23)3-9-6-30-17(18)19-9/h6,12,15H,2-5H2,1H3,(H2,18,19)(H,20,23)(H,26,27)/t12-,15+/m1/s1. The molecule has 0 bridgehead atoms. The number of aromatic nitrogens is 1. The van der Waals surface area contributed by atoms with Crippen molar-refractivity contribution in [1.82, 2.24) is 15.2 Å². The number of rotatable bonds is 8. The van der Waals surface area contributed by atoms with Gasteiger partial charge < -0.3 is 20.1 Å². The molecule has 1 aromatic rings. The summed E-state index contributed by atoms with van der Waals surface area (Å²) < 4.78 is 4.96. The van der Waals surface area contributed by atoms with Gasteiger partial charge in [-0.2, -0.15) is 0 Å². The number of β-lactam (4-membered cyclic amide) rings is 1. The highest BCUT2D eigenvalue weighted by Gasteiger charge is 2.54. The molecule has 1 fully saturated rings. The lowest BCUT2D eigenvalue weighted by molar-refractivity contribution is -0.151. The molecule has 2 atom stereocenters.